The van der Waals surface area contributed by atoms with Gasteiger partial charge in [0.15, 0.2) is 0 Å². The van der Waals surface area contributed by atoms with Gasteiger partial charge in [-0.3, -0.25) is 4.98 Å². The van der Waals surface area contributed by atoms with Gasteiger partial charge in [0.2, 0.25) is 0 Å². The molecule has 0 atom stereocenters. The van der Waals surface area contributed by atoms with Crippen LogP contribution in [0, 0.1) is 0 Å². The van der Waals surface area contributed by atoms with Crippen LogP contribution in [0.4, 0.5) is 13.2 Å². The maximum Gasteiger partial charge on any atom is 0.418 e. The van der Waals surface area contributed by atoms with E-state index in [0.717, 1.165) is 6.07 Å². The molecule has 94 valence electrons. The van der Waals surface area contributed by atoms with Crippen molar-refractivity contribution in [3.8, 4) is 11.3 Å². The minimum Gasteiger partial charge on any atom is -0.256 e. The number of nitrogens with zero attached hydrogens (tertiary/aromatic N) is 1. The van der Waals surface area contributed by atoms with E-state index >= 15 is 0 Å². The zero-order valence-electron chi connectivity index (χ0n) is 8.80. The number of benzene rings is 1. The van der Waals surface area contributed by atoms with E-state index in [1.54, 1.807) is 0 Å². The molecule has 0 amide bonds. The van der Waals surface area contributed by atoms with Crippen LogP contribution in [-0.4, -0.2) is 4.98 Å². The predicted octanol–water partition coefficient (Wildman–Crippen LogP) is 5.07. The Morgan fingerprint density at radius 2 is 1.78 bits per heavy atom. The summed E-state index contributed by atoms with van der Waals surface area (Å²) in [5, 5.41) is 0.486. The van der Waals surface area contributed by atoms with Gasteiger partial charge in [-0.05, 0) is 30.3 Å². The molecule has 1 heterocycles. The molecule has 0 bridgehead atoms. The highest BCUT2D eigenvalue weighted by molar-refractivity contribution is 6.36. The maximum atomic E-state index is 12.8. The van der Waals surface area contributed by atoms with E-state index in [2.05, 4.69) is 4.98 Å². The zero-order valence-corrected chi connectivity index (χ0v) is 10.3. The second-order valence-corrected chi connectivity index (χ2v) is 4.37. The molecule has 0 saturated carbocycles. The summed E-state index contributed by atoms with van der Waals surface area (Å²) in [4.78, 5) is 3.76. The normalized spacial score (nSPS) is 11.6. The third kappa shape index (κ3) is 2.60. The lowest BCUT2D eigenvalue weighted by atomic mass is 10.1. The molecule has 6 heteroatoms. The number of aromatic nitrogens is 1. The van der Waals surface area contributed by atoms with Gasteiger partial charge in [-0.15, -0.1) is 0 Å². The zero-order chi connectivity index (χ0) is 13.3. The van der Waals surface area contributed by atoms with Gasteiger partial charge < -0.3 is 0 Å². The van der Waals surface area contributed by atoms with Crippen molar-refractivity contribution in [1.29, 1.82) is 0 Å². The Hall–Kier alpha value is -1.26. The van der Waals surface area contributed by atoms with Crippen LogP contribution in [0.25, 0.3) is 11.3 Å². The fraction of sp³-hybridized carbons (Fsp3) is 0.0833. The number of hydrogen-bond acceptors (Lipinski definition) is 1. The van der Waals surface area contributed by atoms with E-state index in [-0.39, 0.29) is 16.3 Å². The lowest BCUT2D eigenvalue weighted by molar-refractivity contribution is -0.137. The van der Waals surface area contributed by atoms with Crippen LogP contribution in [0.3, 0.4) is 0 Å². The van der Waals surface area contributed by atoms with Crippen LogP contribution in [0.15, 0.2) is 36.5 Å². The van der Waals surface area contributed by atoms with Gasteiger partial charge in [-0.1, -0.05) is 23.2 Å². The number of rotatable bonds is 1. The first-order chi connectivity index (χ1) is 8.39. The molecule has 2 rings (SSSR count). The fourth-order valence-electron chi connectivity index (χ4n) is 1.53. The van der Waals surface area contributed by atoms with Gasteiger partial charge in [0.1, 0.15) is 0 Å². The van der Waals surface area contributed by atoms with Crippen molar-refractivity contribution in [2.75, 3.05) is 0 Å². The second kappa shape index (κ2) is 4.78. The molecule has 0 radical (unpaired) electrons. The van der Waals surface area contributed by atoms with Crippen molar-refractivity contribution in [2.45, 2.75) is 6.18 Å². The summed E-state index contributed by atoms with van der Waals surface area (Å²) in [7, 11) is 0. The quantitative estimate of drug-likeness (QED) is 0.714. The minimum atomic E-state index is -4.48. The highest BCUT2D eigenvalue weighted by Gasteiger charge is 2.34. The number of hydrogen-bond donors (Lipinski definition) is 0. The Balaban J connectivity index is 2.64. The third-order valence-electron chi connectivity index (χ3n) is 2.30. The number of alkyl halides is 3. The van der Waals surface area contributed by atoms with E-state index in [4.69, 9.17) is 23.2 Å². The summed E-state index contributed by atoms with van der Waals surface area (Å²) in [6.07, 6.45) is -3.19. The van der Waals surface area contributed by atoms with Crippen molar-refractivity contribution in [3.63, 3.8) is 0 Å². The molecule has 0 aliphatic heterocycles. The van der Waals surface area contributed by atoms with E-state index in [9.17, 15) is 13.2 Å². The van der Waals surface area contributed by atoms with Crippen molar-refractivity contribution in [3.05, 3.63) is 52.1 Å². The molecule has 0 unspecified atom stereocenters. The first kappa shape index (κ1) is 13.2. The second-order valence-electron chi connectivity index (χ2n) is 3.52. The van der Waals surface area contributed by atoms with Gasteiger partial charge in [0.05, 0.1) is 16.3 Å². The largest absolute Gasteiger partial charge is 0.418 e. The first-order valence-corrected chi connectivity index (χ1v) is 5.63. The van der Waals surface area contributed by atoms with Crippen LogP contribution >= 0.6 is 23.2 Å². The van der Waals surface area contributed by atoms with E-state index in [1.165, 1.54) is 30.5 Å². The molecule has 0 aliphatic carbocycles. The van der Waals surface area contributed by atoms with E-state index in [1.807, 2.05) is 0 Å². The summed E-state index contributed by atoms with van der Waals surface area (Å²) < 4.78 is 38.5. The number of halogens is 5. The Morgan fingerprint density at radius 1 is 1.06 bits per heavy atom. The average molecular weight is 292 g/mol. The Bertz CT molecular complexity index is 582. The molecular formula is C12H6Cl2F3N. The summed E-state index contributed by atoms with van der Waals surface area (Å²) in [6, 6.07) is 6.47. The van der Waals surface area contributed by atoms with Crippen LogP contribution in [-0.2, 0) is 6.18 Å². The molecule has 0 aliphatic rings. The van der Waals surface area contributed by atoms with Gasteiger partial charge in [-0.25, -0.2) is 0 Å². The molecule has 0 N–H and O–H groups in total. The smallest absolute Gasteiger partial charge is 0.256 e. The molecule has 0 fully saturated rings. The maximum absolute atomic E-state index is 12.8. The van der Waals surface area contributed by atoms with Gasteiger partial charge in [0, 0.05) is 16.8 Å². The predicted molar refractivity (Wildman–Crippen MR) is 64.7 cm³/mol. The molecule has 1 aromatic heterocycles. The monoisotopic (exact) mass is 291 g/mol. The molecule has 18 heavy (non-hydrogen) atoms. The average Bonchev–Trinajstić information content (AvgIpc) is 2.28. The third-order valence-corrected chi connectivity index (χ3v) is 2.85. The topological polar surface area (TPSA) is 12.9 Å². The first-order valence-electron chi connectivity index (χ1n) is 4.87. The van der Waals surface area contributed by atoms with Crippen LogP contribution in [0.2, 0.25) is 10.0 Å². The van der Waals surface area contributed by atoms with Gasteiger partial charge >= 0.3 is 6.18 Å². The van der Waals surface area contributed by atoms with Crippen molar-refractivity contribution >= 4 is 23.2 Å². The molecule has 1 nitrogen and oxygen atoms in total. The lowest BCUT2D eigenvalue weighted by Crippen LogP contribution is -2.08. The van der Waals surface area contributed by atoms with Crippen molar-refractivity contribution < 1.29 is 13.2 Å². The highest BCUT2D eigenvalue weighted by Crippen LogP contribution is 2.38. The van der Waals surface area contributed by atoms with Gasteiger partial charge in [0.25, 0.3) is 0 Å². The SMILES string of the molecule is FC(F)(F)c1cccnc1-c1ccc(Cl)cc1Cl. The molecule has 0 saturated heterocycles. The summed E-state index contributed by atoms with van der Waals surface area (Å²) in [6.45, 7) is 0. The molecule has 0 spiro atoms. The van der Waals surface area contributed by atoms with Crippen LogP contribution in [0.1, 0.15) is 5.56 Å². The summed E-state index contributed by atoms with van der Waals surface area (Å²) in [5.74, 6) is 0. The van der Waals surface area contributed by atoms with Gasteiger partial charge in [-0.2, -0.15) is 13.2 Å². The van der Waals surface area contributed by atoms with Crippen molar-refractivity contribution in [2.24, 2.45) is 0 Å². The molecule has 1 aromatic carbocycles. The van der Waals surface area contributed by atoms with Crippen LogP contribution in [0.5, 0.6) is 0 Å². The standard InChI is InChI=1S/C12H6Cl2F3N/c13-7-3-4-8(10(14)6-7)11-9(12(15,16)17)2-1-5-18-11/h1-6H. The highest BCUT2D eigenvalue weighted by atomic mass is 35.5. The van der Waals surface area contributed by atoms with E-state index < -0.39 is 11.7 Å². The minimum absolute atomic E-state index is 0.131. The molecule has 2 aromatic rings. The van der Waals surface area contributed by atoms with Crippen LogP contribution < -0.4 is 0 Å². The van der Waals surface area contributed by atoms with E-state index in [0.29, 0.717) is 5.02 Å². The summed E-state index contributed by atoms with van der Waals surface area (Å²) in [5.41, 5.74) is -0.824. The fourth-order valence-corrected chi connectivity index (χ4v) is 2.03. The molecular weight excluding hydrogens is 286 g/mol. The number of pyridine rings is 1. The summed E-state index contributed by atoms with van der Waals surface area (Å²) >= 11 is 11.6. The van der Waals surface area contributed by atoms with Crippen molar-refractivity contribution in [1.82, 2.24) is 4.98 Å². The Labute approximate surface area is 111 Å². The Morgan fingerprint density at radius 3 is 2.39 bits per heavy atom. The lowest BCUT2D eigenvalue weighted by Gasteiger charge is -2.12. The Kier molecular flexibility index (Phi) is 3.50.